The summed E-state index contributed by atoms with van der Waals surface area (Å²) in [6, 6.07) is 14.7. The van der Waals surface area contributed by atoms with Crippen molar-refractivity contribution in [3.05, 3.63) is 59.9 Å². The number of aromatic nitrogens is 1. The predicted octanol–water partition coefficient (Wildman–Crippen LogP) is 3.28. The molecule has 1 saturated heterocycles. The topological polar surface area (TPSA) is 55.8 Å². The standard InChI is InChI=1S/C23H34N6.HI/c1-3-24-23(27-19-21-9-4-5-11-25-21)26-12-7-13-28-14-16-29(17-15-28)22-10-6-8-20(2)18-22;/h4-6,8-11,18H,3,7,12-17,19H2,1-2H3,(H2,24,26,27);1H. The maximum atomic E-state index is 4.63. The molecule has 0 amide bonds. The third-order valence-electron chi connectivity index (χ3n) is 5.15. The van der Waals surface area contributed by atoms with Crippen molar-refractivity contribution in [2.45, 2.75) is 26.8 Å². The largest absolute Gasteiger partial charge is 0.369 e. The van der Waals surface area contributed by atoms with E-state index in [-0.39, 0.29) is 24.0 Å². The molecule has 1 fully saturated rings. The Morgan fingerprint density at radius 2 is 1.90 bits per heavy atom. The van der Waals surface area contributed by atoms with Gasteiger partial charge >= 0.3 is 0 Å². The first-order chi connectivity index (χ1) is 14.2. The lowest BCUT2D eigenvalue weighted by molar-refractivity contribution is 0.255. The number of piperazine rings is 1. The third kappa shape index (κ3) is 8.10. The van der Waals surface area contributed by atoms with Gasteiger partial charge in [-0.1, -0.05) is 18.2 Å². The van der Waals surface area contributed by atoms with Crippen molar-refractivity contribution >= 4 is 35.6 Å². The van der Waals surface area contributed by atoms with Gasteiger partial charge in [0.2, 0.25) is 0 Å². The van der Waals surface area contributed by atoms with Crippen molar-refractivity contribution in [3.8, 4) is 0 Å². The molecule has 2 aromatic rings. The number of nitrogens with zero attached hydrogens (tertiary/aromatic N) is 4. The molecule has 30 heavy (non-hydrogen) atoms. The van der Waals surface area contributed by atoms with Gasteiger partial charge in [0.1, 0.15) is 0 Å². The number of aryl methyl sites for hydroxylation is 1. The molecule has 1 aliphatic rings. The van der Waals surface area contributed by atoms with Crippen LogP contribution in [0.4, 0.5) is 5.69 Å². The molecule has 0 spiro atoms. The molecule has 1 aromatic heterocycles. The highest BCUT2D eigenvalue weighted by Crippen LogP contribution is 2.17. The van der Waals surface area contributed by atoms with Crippen molar-refractivity contribution in [2.75, 3.05) is 50.7 Å². The number of hydrogen-bond acceptors (Lipinski definition) is 4. The molecule has 0 bridgehead atoms. The minimum absolute atomic E-state index is 0. The first-order valence-corrected chi connectivity index (χ1v) is 10.7. The van der Waals surface area contributed by atoms with Gasteiger partial charge in [-0.05, 0) is 56.6 Å². The fourth-order valence-electron chi connectivity index (χ4n) is 3.56. The fraction of sp³-hybridized carbons (Fsp3) is 0.478. The van der Waals surface area contributed by atoms with E-state index in [4.69, 9.17) is 0 Å². The fourth-order valence-corrected chi connectivity index (χ4v) is 3.56. The van der Waals surface area contributed by atoms with Crippen LogP contribution in [-0.2, 0) is 6.54 Å². The van der Waals surface area contributed by atoms with Crippen molar-refractivity contribution in [2.24, 2.45) is 4.99 Å². The van der Waals surface area contributed by atoms with Crippen LogP contribution in [0.25, 0.3) is 0 Å². The van der Waals surface area contributed by atoms with Crippen molar-refractivity contribution in [3.63, 3.8) is 0 Å². The summed E-state index contributed by atoms with van der Waals surface area (Å²) in [5, 5.41) is 6.76. The van der Waals surface area contributed by atoms with Gasteiger partial charge < -0.3 is 15.5 Å². The average Bonchev–Trinajstić information content (AvgIpc) is 2.76. The minimum Gasteiger partial charge on any atom is -0.369 e. The van der Waals surface area contributed by atoms with Gasteiger partial charge in [-0.3, -0.25) is 9.88 Å². The number of halogens is 1. The van der Waals surface area contributed by atoms with E-state index < -0.39 is 0 Å². The Bertz CT molecular complexity index is 759. The van der Waals surface area contributed by atoms with E-state index in [2.05, 4.69) is 68.5 Å². The van der Waals surface area contributed by atoms with Crippen LogP contribution in [0.5, 0.6) is 0 Å². The highest BCUT2D eigenvalue weighted by Gasteiger charge is 2.16. The van der Waals surface area contributed by atoms with Gasteiger partial charge in [0.25, 0.3) is 0 Å². The summed E-state index contributed by atoms with van der Waals surface area (Å²) in [5.41, 5.74) is 3.67. The summed E-state index contributed by atoms with van der Waals surface area (Å²) in [6.45, 7) is 12.2. The average molecular weight is 522 g/mol. The van der Waals surface area contributed by atoms with Crippen LogP contribution >= 0.6 is 24.0 Å². The molecular formula is C23H35IN6. The zero-order chi connectivity index (χ0) is 20.3. The van der Waals surface area contributed by atoms with Crippen molar-refractivity contribution < 1.29 is 0 Å². The number of guanidine groups is 1. The minimum atomic E-state index is 0. The number of nitrogens with one attached hydrogen (secondary N) is 2. The number of aliphatic imine (C=N–C) groups is 1. The Balaban J connectivity index is 0.00000320. The van der Waals surface area contributed by atoms with Crippen LogP contribution in [0.3, 0.4) is 0 Å². The second-order valence-corrected chi connectivity index (χ2v) is 7.46. The second kappa shape index (κ2) is 13.4. The van der Waals surface area contributed by atoms with Crippen LogP contribution in [0, 0.1) is 6.92 Å². The summed E-state index contributed by atoms with van der Waals surface area (Å²) in [4.78, 5) is 14.0. The summed E-state index contributed by atoms with van der Waals surface area (Å²) in [7, 11) is 0. The Kier molecular flexibility index (Phi) is 10.9. The van der Waals surface area contributed by atoms with Gasteiger partial charge in [0.15, 0.2) is 5.96 Å². The van der Waals surface area contributed by atoms with Crippen LogP contribution in [0.1, 0.15) is 24.6 Å². The molecule has 164 valence electrons. The van der Waals surface area contributed by atoms with Gasteiger partial charge in [-0.15, -0.1) is 24.0 Å². The lowest BCUT2D eigenvalue weighted by Crippen LogP contribution is -2.47. The smallest absolute Gasteiger partial charge is 0.191 e. The van der Waals surface area contributed by atoms with E-state index >= 15 is 0 Å². The highest BCUT2D eigenvalue weighted by molar-refractivity contribution is 14.0. The highest BCUT2D eigenvalue weighted by atomic mass is 127. The van der Waals surface area contributed by atoms with Gasteiger partial charge in [-0.25, -0.2) is 4.99 Å². The van der Waals surface area contributed by atoms with Crippen LogP contribution in [-0.4, -0.2) is 61.7 Å². The van der Waals surface area contributed by atoms with Gasteiger partial charge in [0, 0.05) is 51.2 Å². The molecule has 0 saturated carbocycles. The maximum absolute atomic E-state index is 4.63. The SMILES string of the molecule is CCNC(=NCc1ccccn1)NCCCN1CCN(c2cccc(C)c2)CC1.I. The molecule has 1 aromatic carbocycles. The van der Waals surface area contributed by atoms with Crippen LogP contribution < -0.4 is 15.5 Å². The number of benzene rings is 1. The molecule has 6 nitrogen and oxygen atoms in total. The van der Waals surface area contributed by atoms with E-state index in [1.807, 2.05) is 24.4 Å². The molecule has 0 radical (unpaired) electrons. The zero-order valence-electron chi connectivity index (χ0n) is 18.2. The monoisotopic (exact) mass is 522 g/mol. The van der Waals surface area contributed by atoms with E-state index in [0.29, 0.717) is 6.54 Å². The Morgan fingerprint density at radius 3 is 2.60 bits per heavy atom. The lowest BCUT2D eigenvalue weighted by atomic mass is 10.2. The molecule has 2 heterocycles. The zero-order valence-corrected chi connectivity index (χ0v) is 20.5. The second-order valence-electron chi connectivity index (χ2n) is 7.46. The molecule has 2 N–H and O–H groups in total. The van der Waals surface area contributed by atoms with E-state index in [1.54, 1.807) is 0 Å². The number of pyridine rings is 1. The van der Waals surface area contributed by atoms with E-state index in [1.165, 1.54) is 11.3 Å². The molecular weight excluding hydrogens is 487 g/mol. The lowest BCUT2D eigenvalue weighted by Gasteiger charge is -2.36. The van der Waals surface area contributed by atoms with Gasteiger partial charge in [0.05, 0.1) is 12.2 Å². The third-order valence-corrected chi connectivity index (χ3v) is 5.15. The van der Waals surface area contributed by atoms with E-state index in [9.17, 15) is 0 Å². The Hall–Kier alpha value is -1.87. The molecule has 0 unspecified atom stereocenters. The first-order valence-electron chi connectivity index (χ1n) is 10.7. The number of hydrogen-bond donors (Lipinski definition) is 2. The Morgan fingerprint density at radius 1 is 1.07 bits per heavy atom. The molecule has 0 atom stereocenters. The van der Waals surface area contributed by atoms with Gasteiger partial charge in [-0.2, -0.15) is 0 Å². The van der Waals surface area contributed by atoms with Crippen LogP contribution in [0.2, 0.25) is 0 Å². The summed E-state index contributed by atoms with van der Waals surface area (Å²) in [5.74, 6) is 0.863. The predicted molar refractivity (Wildman–Crippen MR) is 137 cm³/mol. The number of anilines is 1. The summed E-state index contributed by atoms with van der Waals surface area (Å²) in [6.07, 6.45) is 2.92. The summed E-state index contributed by atoms with van der Waals surface area (Å²) < 4.78 is 0. The molecule has 7 heteroatoms. The van der Waals surface area contributed by atoms with Crippen LogP contribution in [0.15, 0.2) is 53.7 Å². The number of rotatable bonds is 8. The summed E-state index contributed by atoms with van der Waals surface area (Å²) >= 11 is 0. The Labute approximate surface area is 198 Å². The molecule has 0 aliphatic carbocycles. The quantitative estimate of drug-likeness (QED) is 0.241. The van der Waals surface area contributed by atoms with Crippen molar-refractivity contribution in [1.29, 1.82) is 0 Å². The van der Waals surface area contributed by atoms with E-state index in [0.717, 1.165) is 63.9 Å². The van der Waals surface area contributed by atoms with Crippen molar-refractivity contribution in [1.82, 2.24) is 20.5 Å². The molecule has 3 rings (SSSR count). The molecule has 1 aliphatic heterocycles. The first kappa shape index (κ1) is 24.4. The maximum Gasteiger partial charge on any atom is 0.191 e. The normalized spacial score (nSPS) is 14.9.